The Labute approximate surface area is 130 Å². The molecule has 0 heterocycles. The van der Waals surface area contributed by atoms with Crippen LogP contribution in [-0.2, 0) is 0 Å². The number of thioether (sulfide) groups is 1. The Morgan fingerprint density at radius 3 is 2.14 bits per heavy atom. The van der Waals surface area contributed by atoms with Crippen molar-refractivity contribution in [3.05, 3.63) is 66.2 Å². The first-order valence-corrected chi connectivity index (χ1v) is 8.29. The van der Waals surface area contributed by atoms with Crippen molar-refractivity contribution in [3.8, 4) is 0 Å². The molecular weight excluding hydrogens is 276 g/mol. The molecule has 0 amide bonds. The molecule has 2 atom stereocenters. The molecule has 0 aromatic heterocycles. The third-order valence-corrected chi connectivity index (χ3v) is 5.76. The fourth-order valence-corrected chi connectivity index (χ4v) is 4.61. The molecule has 0 unspecified atom stereocenters. The van der Waals surface area contributed by atoms with E-state index in [1.54, 1.807) is 11.8 Å². The van der Waals surface area contributed by atoms with Crippen LogP contribution in [0.3, 0.4) is 0 Å². The molecule has 2 aromatic carbocycles. The van der Waals surface area contributed by atoms with Crippen molar-refractivity contribution in [2.24, 2.45) is 11.8 Å². The molecule has 1 aliphatic carbocycles. The Morgan fingerprint density at radius 1 is 1.05 bits per heavy atom. The van der Waals surface area contributed by atoms with E-state index in [4.69, 9.17) is 0 Å². The van der Waals surface area contributed by atoms with Crippen LogP contribution in [0.15, 0.2) is 65.6 Å². The molecule has 0 spiro atoms. The number of hydrogen-bond donors (Lipinski definition) is 0. The van der Waals surface area contributed by atoms with Crippen molar-refractivity contribution in [3.63, 3.8) is 0 Å². The molecule has 0 saturated heterocycles. The summed E-state index contributed by atoms with van der Waals surface area (Å²) in [7, 11) is 0. The highest BCUT2D eigenvalue weighted by atomic mass is 32.2. The Balaban J connectivity index is 1.90. The van der Waals surface area contributed by atoms with Crippen molar-refractivity contribution in [2.45, 2.75) is 29.9 Å². The van der Waals surface area contributed by atoms with E-state index in [2.05, 4.69) is 26.0 Å². The van der Waals surface area contributed by atoms with Crippen LogP contribution in [0.5, 0.6) is 0 Å². The summed E-state index contributed by atoms with van der Waals surface area (Å²) in [6, 6.07) is 20.0. The SMILES string of the molecule is CC(C)[C@H]1C[C@]1(Sc1ccccc1)C(=O)c1ccccc1. The fourth-order valence-electron chi connectivity index (χ4n) is 3.00. The molecule has 2 aromatic rings. The van der Waals surface area contributed by atoms with E-state index >= 15 is 0 Å². The van der Waals surface area contributed by atoms with Gasteiger partial charge in [0.2, 0.25) is 0 Å². The maximum atomic E-state index is 13.0. The van der Waals surface area contributed by atoms with Gasteiger partial charge in [0.1, 0.15) is 0 Å². The van der Waals surface area contributed by atoms with Crippen LogP contribution in [-0.4, -0.2) is 10.5 Å². The van der Waals surface area contributed by atoms with E-state index in [-0.39, 0.29) is 10.5 Å². The van der Waals surface area contributed by atoms with Gasteiger partial charge >= 0.3 is 0 Å². The van der Waals surface area contributed by atoms with Gasteiger partial charge in [-0.15, -0.1) is 11.8 Å². The molecule has 1 aliphatic rings. The van der Waals surface area contributed by atoms with Crippen LogP contribution in [0.2, 0.25) is 0 Å². The predicted molar refractivity (Wildman–Crippen MR) is 88.7 cm³/mol. The molecular formula is C19H20OS. The summed E-state index contributed by atoms with van der Waals surface area (Å²) in [6.45, 7) is 4.44. The van der Waals surface area contributed by atoms with Gasteiger partial charge in [0.25, 0.3) is 0 Å². The molecule has 0 aliphatic heterocycles. The molecule has 3 rings (SSSR count). The van der Waals surface area contributed by atoms with Crippen LogP contribution in [0.1, 0.15) is 30.6 Å². The largest absolute Gasteiger partial charge is 0.293 e. The van der Waals surface area contributed by atoms with Gasteiger partial charge in [-0.25, -0.2) is 0 Å². The van der Waals surface area contributed by atoms with E-state index in [1.165, 1.54) is 4.90 Å². The highest BCUT2D eigenvalue weighted by molar-refractivity contribution is 8.01. The first-order valence-electron chi connectivity index (χ1n) is 7.47. The van der Waals surface area contributed by atoms with E-state index in [1.807, 2.05) is 48.5 Å². The van der Waals surface area contributed by atoms with Gasteiger partial charge in [0.15, 0.2) is 5.78 Å². The minimum absolute atomic E-state index is 0.267. The number of rotatable bonds is 5. The van der Waals surface area contributed by atoms with Gasteiger partial charge in [-0.05, 0) is 30.4 Å². The number of hydrogen-bond acceptors (Lipinski definition) is 2. The first kappa shape index (κ1) is 14.4. The van der Waals surface area contributed by atoms with Crippen LogP contribution in [0.25, 0.3) is 0 Å². The molecule has 0 radical (unpaired) electrons. The molecule has 2 heteroatoms. The average molecular weight is 296 g/mol. The van der Waals surface area contributed by atoms with Gasteiger partial charge in [-0.1, -0.05) is 62.4 Å². The number of benzene rings is 2. The van der Waals surface area contributed by atoms with Crippen molar-refractivity contribution in [2.75, 3.05) is 0 Å². The number of Topliss-reactive ketones (excluding diaryl/α,β-unsaturated/α-hetero) is 1. The second-order valence-corrected chi connectivity index (χ2v) is 7.46. The summed E-state index contributed by atoms with van der Waals surface area (Å²) < 4.78 is -0.267. The molecule has 1 nitrogen and oxygen atoms in total. The Kier molecular flexibility index (Phi) is 3.90. The molecule has 0 N–H and O–H groups in total. The lowest BCUT2D eigenvalue weighted by Gasteiger charge is -2.18. The van der Waals surface area contributed by atoms with E-state index in [0.29, 0.717) is 11.8 Å². The normalized spacial score (nSPS) is 24.0. The fraction of sp³-hybridized carbons (Fsp3) is 0.316. The quantitative estimate of drug-likeness (QED) is 0.716. The molecule has 21 heavy (non-hydrogen) atoms. The van der Waals surface area contributed by atoms with Crippen LogP contribution < -0.4 is 0 Å². The molecule has 1 saturated carbocycles. The van der Waals surface area contributed by atoms with Crippen molar-refractivity contribution >= 4 is 17.5 Å². The van der Waals surface area contributed by atoms with Crippen LogP contribution in [0.4, 0.5) is 0 Å². The van der Waals surface area contributed by atoms with Crippen LogP contribution in [0, 0.1) is 11.8 Å². The highest BCUT2D eigenvalue weighted by Crippen LogP contribution is 2.61. The summed E-state index contributed by atoms with van der Waals surface area (Å²) >= 11 is 1.75. The lowest BCUT2D eigenvalue weighted by molar-refractivity contribution is 0.0972. The molecule has 108 valence electrons. The monoisotopic (exact) mass is 296 g/mol. The topological polar surface area (TPSA) is 17.1 Å². The zero-order chi connectivity index (χ0) is 14.9. The van der Waals surface area contributed by atoms with Gasteiger partial charge in [0.05, 0.1) is 4.75 Å². The zero-order valence-corrected chi connectivity index (χ0v) is 13.3. The van der Waals surface area contributed by atoms with Crippen LogP contribution >= 0.6 is 11.8 Å². The Morgan fingerprint density at radius 2 is 1.62 bits per heavy atom. The van der Waals surface area contributed by atoms with E-state index < -0.39 is 0 Å². The number of carbonyl (C=O) groups excluding carboxylic acids is 1. The summed E-state index contributed by atoms with van der Waals surface area (Å²) in [5.74, 6) is 1.29. The second-order valence-electron chi connectivity index (χ2n) is 6.05. The van der Waals surface area contributed by atoms with Gasteiger partial charge < -0.3 is 0 Å². The smallest absolute Gasteiger partial charge is 0.179 e. The third-order valence-electron chi connectivity index (χ3n) is 4.23. The zero-order valence-electron chi connectivity index (χ0n) is 12.5. The van der Waals surface area contributed by atoms with Crippen molar-refractivity contribution in [1.29, 1.82) is 0 Å². The maximum Gasteiger partial charge on any atom is 0.179 e. The predicted octanol–water partition coefficient (Wildman–Crippen LogP) is 5.08. The van der Waals surface area contributed by atoms with Gasteiger partial charge in [-0.3, -0.25) is 4.79 Å². The van der Waals surface area contributed by atoms with Crippen molar-refractivity contribution < 1.29 is 4.79 Å². The first-order chi connectivity index (χ1) is 10.1. The second kappa shape index (κ2) is 5.69. The molecule has 0 bridgehead atoms. The maximum absolute atomic E-state index is 13.0. The minimum Gasteiger partial charge on any atom is -0.293 e. The summed E-state index contributed by atoms with van der Waals surface area (Å²) in [5.41, 5.74) is 0.837. The Hall–Kier alpha value is -1.54. The van der Waals surface area contributed by atoms with Crippen molar-refractivity contribution in [1.82, 2.24) is 0 Å². The third kappa shape index (κ3) is 2.77. The van der Waals surface area contributed by atoms with Gasteiger partial charge in [-0.2, -0.15) is 0 Å². The number of carbonyl (C=O) groups is 1. The van der Waals surface area contributed by atoms with E-state index in [9.17, 15) is 4.79 Å². The Bertz CT molecular complexity index is 621. The summed E-state index contributed by atoms with van der Waals surface area (Å²) in [6.07, 6.45) is 0.984. The average Bonchev–Trinajstić information content (AvgIpc) is 3.24. The lowest BCUT2D eigenvalue weighted by Crippen LogP contribution is -2.23. The standard InChI is InChI=1S/C19H20OS/c1-14(2)17-13-19(17,21-16-11-7-4-8-12-16)18(20)15-9-5-3-6-10-15/h3-12,14,17H,13H2,1-2H3/t17-,19-/m1/s1. The summed E-state index contributed by atoms with van der Waals surface area (Å²) in [4.78, 5) is 14.2. The number of ketones is 1. The van der Waals surface area contributed by atoms with Gasteiger partial charge in [0, 0.05) is 10.5 Å². The molecule has 1 fully saturated rings. The van der Waals surface area contributed by atoms with E-state index in [0.717, 1.165) is 12.0 Å². The minimum atomic E-state index is -0.267. The summed E-state index contributed by atoms with van der Waals surface area (Å²) in [5, 5.41) is 0. The lowest BCUT2D eigenvalue weighted by atomic mass is 10.0. The highest BCUT2D eigenvalue weighted by Gasteiger charge is 2.61.